The fourth-order valence-electron chi connectivity index (χ4n) is 2.08. The van der Waals surface area contributed by atoms with Crippen LogP contribution in [0.3, 0.4) is 0 Å². The molecule has 2 aromatic heterocycles. The number of likely N-dealkylation sites (N-methyl/N-ethyl adjacent to an activating group) is 1. The van der Waals surface area contributed by atoms with Gasteiger partial charge in [-0.2, -0.15) is 0 Å². The van der Waals surface area contributed by atoms with Gasteiger partial charge in [0.05, 0.1) is 12.2 Å². The Balaban J connectivity index is 0.00000364. The molecule has 0 bridgehead atoms. The molecular formula is C18H28IN5O2S. The molecule has 0 aliphatic rings. The zero-order valence-corrected chi connectivity index (χ0v) is 19.3. The van der Waals surface area contributed by atoms with Gasteiger partial charge in [-0.15, -0.1) is 35.3 Å². The molecule has 0 unspecified atom stereocenters. The van der Waals surface area contributed by atoms with Crippen molar-refractivity contribution in [2.45, 2.75) is 32.7 Å². The smallest absolute Gasteiger partial charge is 0.243 e. The third-order valence-corrected chi connectivity index (χ3v) is 4.65. The number of halogens is 1. The molecule has 0 aliphatic heterocycles. The largest absolute Gasteiger partial charge is 0.359 e. The summed E-state index contributed by atoms with van der Waals surface area (Å²) in [5, 5.41) is 12.6. The van der Waals surface area contributed by atoms with Gasteiger partial charge < -0.3 is 20.1 Å². The molecule has 0 fully saturated rings. The molecule has 0 atom stereocenters. The summed E-state index contributed by atoms with van der Waals surface area (Å²) in [6, 6.07) is 6.08. The van der Waals surface area contributed by atoms with Crippen molar-refractivity contribution in [2.75, 3.05) is 27.2 Å². The summed E-state index contributed by atoms with van der Waals surface area (Å²) >= 11 is 1.73. The van der Waals surface area contributed by atoms with Gasteiger partial charge in [0.15, 0.2) is 11.7 Å². The third-order valence-electron chi connectivity index (χ3n) is 3.71. The van der Waals surface area contributed by atoms with Crippen molar-refractivity contribution >= 4 is 47.2 Å². The molecule has 27 heavy (non-hydrogen) atoms. The molecule has 7 nitrogen and oxygen atoms in total. The molecule has 0 aromatic carbocycles. The quantitative estimate of drug-likeness (QED) is 0.328. The number of nitrogens with one attached hydrogen (secondary N) is 2. The third kappa shape index (κ3) is 8.29. The summed E-state index contributed by atoms with van der Waals surface area (Å²) in [6.45, 7) is 5.42. The van der Waals surface area contributed by atoms with Gasteiger partial charge in [-0.1, -0.05) is 25.1 Å². The first-order valence-electron chi connectivity index (χ1n) is 8.66. The Morgan fingerprint density at radius 1 is 1.37 bits per heavy atom. The summed E-state index contributed by atoms with van der Waals surface area (Å²) in [6.07, 6.45) is 0.903. The van der Waals surface area contributed by atoms with E-state index >= 15 is 0 Å². The van der Waals surface area contributed by atoms with E-state index in [9.17, 15) is 4.79 Å². The lowest BCUT2D eigenvalue weighted by molar-refractivity contribution is -0.127. The van der Waals surface area contributed by atoms with Crippen molar-refractivity contribution in [3.8, 4) is 0 Å². The maximum Gasteiger partial charge on any atom is 0.243 e. The van der Waals surface area contributed by atoms with Crippen molar-refractivity contribution in [2.24, 2.45) is 4.99 Å². The average molecular weight is 505 g/mol. The first kappa shape index (κ1) is 23.4. The zero-order valence-electron chi connectivity index (χ0n) is 16.2. The summed E-state index contributed by atoms with van der Waals surface area (Å²) in [7, 11) is 3.44. The maximum absolute atomic E-state index is 11.8. The fourth-order valence-corrected chi connectivity index (χ4v) is 2.79. The number of nitrogens with zero attached hydrogens (tertiary/aromatic N) is 3. The Bertz CT molecular complexity index is 713. The van der Waals surface area contributed by atoms with E-state index in [1.165, 1.54) is 9.78 Å². The van der Waals surface area contributed by atoms with Crippen molar-refractivity contribution in [1.29, 1.82) is 0 Å². The molecule has 0 radical (unpaired) electrons. The van der Waals surface area contributed by atoms with E-state index in [0.717, 1.165) is 24.4 Å². The maximum atomic E-state index is 11.8. The Morgan fingerprint density at radius 3 is 2.74 bits per heavy atom. The van der Waals surface area contributed by atoms with Crippen LogP contribution in [-0.2, 0) is 17.8 Å². The lowest BCUT2D eigenvalue weighted by Gasteiger charge is -2.12. The standard InChI is InChI=1S/C18H27N5O2S.HI/c1-13(2)16-10-14(25-22-16)11-20-18(21-12-17(24)23(3)4)19-8-7-15-6-5-9-26-15;/h5-6,9-10,13H,7-8,11-12H2,1-4H3,(H2,19,20,21);1H. The number of rotatable bonds is 8. The van der Waals surface area contributed by atoms with E-state index < -0.39 is 0 Å². The van der Waals surface area contributed by atoms with Crippen LogP contribution in [0.2, 0.25) is 0 Å². The molecule has 150 valence electrons. The van der Waals surface area contributed by atoms with Gasteiger partial charge in [-0.3, -0.25) is 4.79 Å². The number of hydrogen-bond donors (Lipinski definition) is 2. The first-order valence-corrected chi connectivity index (χ1v) is 9.54. The predicted octanol–water partition coefficient (Wildman–Crippen LogP) is 2.84. The van der Waals surface area contributed by atoms with Gasteiger partial charge in [-0.05, 0) is 23.8 Å². The molecule has 9 heteroatoms. The number of guanidine groups is 1. The molecular weight excluding hydrogens is 477 g/mol. The van der Waals surface area contributed by atoms with Crippen molar-refractivity contribution < 1.29 is 9.32 Å². The number of thiophene rings is 1. The highest BCUT2D eigenvalue weighted by molar-refractivity contribution is 14.0. The topological polar surface area (TPSA) is 82.8 Å². The highest BCUT2D eigenvalue weighted by atomic mass is 127. The molecule has 2 heterocycles. The highest BCUT2D eigenvalue weighted by Gasteiger charge is 2.09. The summed E-state index contributed by atoms with van der Waals surface area (Å²) in [5.41, 5.74) is 0.925. The van der Waals surface area contributed by atoms with Crippen LogP contribution in [0.25, 0.3) is 0 Å². The first-order chi connectivity index (χ1) is 12.5. The second kappa shape index (κ2) is 12.0. The number of amides is 1. The Kier molecular flexibility index (Phi) is 10.4. The molecule has 0 saturated carbocycles. The summed E-state index contributed by atoms with van der Waals surface area (Å²) in [5.74, 6) is 1.59. The average Bonchev–Trinajstić information content (AvgIpc) is 3.28. The van der Waals surface area contributed by atoms with Crippen LogP contribution < -0.4 is 10.6 Å². The summed E-state index contributed by atoms with van der Waals surface area (Å²) < 4.78 is 5.33. The lowest BCUT2D eigenvalue weighted by Crippen LogP contribution is -2.39. The number of hydrogen-bond acceptors (Lipinski definition) is 5. The second-order valence-electron chi connectivity index (χ2n) is 6.44. The summed E-state index contributed by atoms with van der Waals surface area (Å²) in [4.78, 5) is 19.0. The second-order valence-corrected chi connectivity index (χ2v) is 7.47. The minimum Gasteiger partial charge on any atom is -0.359 e. The normalized spacial score (nSPS) is 11.2. The van der Waals surface area contributed by atoms with Gasteiger partial charge in [0.25, 0.3) is 0 Å². The number of aromatic nitrogens is 1. The van der Waals surface area contributed by atoms with Gasteiger partial charge in [0.1, 0.15) is 6.54 Å². The number of aliphatic imine (C=N–C) groups is 1. The Hall–Kier alpha value is -1.62. The molecule has 2 N–H and O–H groups in total. The van der Waals surface area contributed by atoms with Crippen molar-refractivity contribution in [3.63, 3.8) is 0 Å². The SMILES string of the molecule is CC(C)c1cc(CNC(=NCC(=O)N(C)C)NCCc2cccs2)on1.I. The Morgan fingerprint density at radius 2 is 2.15 bits per heavy atom. The molecule has 0 aliphatic carbocycles. The van der Waals surface area contributed by atoms with Gasteiger partial charge in [-0.25, -0.2) is 4.99 Å². The Labute approximate surface area is 181 Å². The van der Waals surface area contributed by atoms with Gasteiger partial charge in [0.2, 0.25) is 5.91 Å². The van der Waals surface area contributed by atoms with Crippen LogP contribution in [0.5, 0.6) is 0 Å². The monoisotopic (exact) mass is 505 g/mol. The van der Waals surface area contributed by atoms with Crippen molar-refractivity contribution in [3.05, 3.63) is 39.9 Å². The van der Waals surface area contributed by atoms with E-state index in [1.807, 2.05) is 12.1 Å². The molecule has 1 amide bonds. The minimum absolute atomic E-state index is 0. The van der Waals surface area contributed by atoms with Crippen molar-refractivity contribution in [1.82, 2.24) is 20.7 Å². The zero-order chi connectivity index (χ0) is 18.9. The van der Waals surface area contributed by atoms with Crippen LogP contribution in [0.15, 0.2) is 33.1 Å². The molecule has 2 aromatic rings. The van der Waals surface area contributed by atoms with Crippen LogP contribution in [0, 0.1) is 0 Å². The highest BCUT2D eigenvalue weighted by Crippen LogP contribution is 2.13. The van der Waals surface area contributed by atoms with Crippen LogP contribution >= 0.6 is 35.3 Å². The fraction of sp³-hybridized carbons (Fsp3) is 0.500. The number of carbonyl (C=O) groups excluding carboxylic acids is 1. The molecule has 0 saturated heterocycles. The predicted molar refractivity (Wildman–Crippen MR) is 120 cm³/mol. The molecule has 2 rings (SSSR count). The van der Waals surface area contributed by atoms with Gasteiger partial charge >= 0.3 is 0 Å². The van der Waals surface area contributed by atoms with E-state index in [-0.39, 0.29) is 36.4 Å². The minimum atomic E-state index is -0.0499. The van der Waals surface area contributed by atoms with E-state index in [4.69, 9.17) is 4.52 Å². The molecule has 0 spiro atoms. The van der Waals surface area contributed by atoms with Crippen LogP contribution in [0.1, 0.15) is 36.1 Å². The van der Waals surface area contributed by atoms with Crippen LogP contribution in [0.4, 0.5) is 0 Å². The van der Waals surface area contributed by atoms with Gasteiger partial charge in [0, 0.05) is 31.6 Å². The van der Waals surface area contributed by atoms with E-state index in [0.29, 0.717) is 18.4 Å². The van der Waals surface area contributed by atoms with E-state index in [1.54, 1.807) is 25.4 Å². The van der Waals surface area contributed by atoms with Crippen LogP contribution in [-0.4, -0.2) is 49.1 Å². The lowest BCUT2D eigenvalue weighted by atomic mass is 10.1. The van der Waals surface area contributed by atoms with E-state index in [2.05, 4.69) is 46.1 Å². The number of carbonyl (C=O) groups is 1.